The van der Waals surface area contributed by atoms with Crippen molar-refractivity contribution in [2.75, 3.05) is 30.6 Å². The fourth-order valence-corrected chi connectivity index (χ4v) is 4.68. The molecule has 1 aliphatic rings. The molecule has 1 heterocycles. The van der Waals surface area contributed by atoms with Crippen molar-refractivity contribution in [3.63, 3.8) is 0 Å². The van der Waals surface area contributed by atoms with E-state index in [0.29, 0.717) is 24.1 Å². The average molecular weight is 557 g/mol. The maximum Gasteiger partial charge on any atom is 0.229 e. The van der Waals surface area contributed by atoms with Gasteiger partial charge in [-0.05, 0) is 42.4 Å². The van der Waals surface area contributed by atoms with Crippen molar-refractivity contribution in [1.29, 1.82) is 0 Å². The smallest absolute Gasteiger partial charge is 0.229 e. The zero-order valence-corrected chi connectivity index (χ0v) is 21.6. The molecule has 1 aliphatic heterocycles. The minimum Gasteiger partial charge on any atom is -0.357 e. The molecule has 2 N–H and O–H groups in total. The van der Waals surface area contributed by atoms with Crippen LogP contribution in [0, 0.1) is 5.92 Å². The standard InChI is InChI=1S/C23H32N4O2S.HI/c1-4-24-23(25-16-20-12-8-9-13-22(20)26-30(3,28)29)27-15-14-21(18(2)17-27)19-10-6-5-7-11-19;/h5-13,18,21,26H,4,14-17H2,1-3H3,(H,24,25);1H. The van der Waals surface area contributed by atoms with Crippen LogP contribution in [-0.4, -0.2) is 45.2 Å². The molecule has 2 aromatic rings. The number of guanidine groups is 1. The Morgan fingerprint density at radius 1 is 1.13 bits per heavy atom. The Morgan fingerprint density at radius 2 is 1.81 bits per heavy atom. The normalized spacial score (nSPS) is 19.5. The van der Waals surface area contributed by atoms with E-state index >= 15 is 0 Å². The molecule has 3 rings (SSSR count). The van der Waals surface area contributed by atoms with E-state index in [1.807, 2.05) is 18.2 Å². The average Bonchev–Trinajstić information content (AvgIpc) is 2.71. The number of para-hydroxylation sites is 1. The minimum absolute atomic E-state index is 0. The molecule has 0 spiro atoms. The SMILES string of the molecule is CCNC(=NCc1ccccc1NS(C)(=O)=O)N1CCC(c2ccccc2)C(C)C1.I. The molecule has 2 unspecified atom stereocenters. The number of hydrogen-bond donors (Lipinski definition) is 2. The molecule has 0 bridgehead atoms. The van der Waals surface area contributed by atoms with E-state index in [1.165, 1.54) is 5.56 Å². The van der Waals surface area contributed by atoms with E-state index in [-0.39, 0.29) is 24.0 Å². The summed E-state index contributed by atoms with van der Waals surface area (Å²) in [6, 6.07) is 18.1. The van der Waals surface area contributed by atoms with Crippen molar-refractivity contribution >= 4 is 45.6 Å². The first-order chi connectivity index (χ1) is 14.4. The Kier molecular flexibility index (Phi) is 9.61. The van der Waals surface area contributed by atoms with Gasteiger partial charge < -0.3 is 10.2 Å². The van der Waals surface area contributed by atoms with Gasteiger partial charge in [-0.15, -0.1) is 24.0 Å². The molecule has 170 valence electrons. The Morgan fingerprint density at radius 3 is 2.45 bits per heavy atom. The summed E-state index contributed by atoms with van der Waals surface area (Å²) in [6.45, 7) is 7.45. The van der Waals surface area contributed by atoms with Crippen LogP contribution in [0.4, 0.5) is 5.69 Å². The number of hydrogen-bond acceptors (Lipinski definition) is 3. The molecule has 31 heavy (non-hydrogen) atoms. The fourth-order valence-electron chi connectivity index (χ4n) is 4.08. The van der Waals surface area contributed by atoms with Crippen LogP contribution >= 0.6 is 24.0 Å². The summed E-state index contributed by atoms with van der Waals surface area (Å²) in [4.78, 5) is 7.15. The number of nitrogens with one attached hydrogen (secondary N) is 2. The maximum atomic E-state index is 11.7. The highest BCUT2D eigenvalue weighted by Crippen LogP contribution is 2.32. The van der Waals surface area contributed by atoms with E-state index in [2.05, 4.69) is 59.1 Å². The molecule has 1 saturated heterocycles. The van der Waals surface area contributed by atoms with Crippen molar-refractivity contribution in [3.8, 4) is 0 Å². The van der Waals surface area contributed by atoms with Crippen molar-refractivity contribution < 1.29 is 8.42 Å². The number of halogens is 1. The van der Waals surface area contributed by atoms with Crippen LogP contribution in [0.15, 0.2) is 59.6 Å². The van der Waals surface area contributed by atoms with Gasteiger partial charge in [0.2, 0.25) is 10.0 Å². The lowest BCUT2D eigenvalue weighted by Gasteiger charge is -2.39. The van der Waals surface area contributed by atoms with Gasteiger partial charge in [-0.3, -0.25) is 4.72 Å². The van der Waals surface area contributed by atoms with E-state index in [0.717, 1.165) is 43.8 Å². The second-order valence-electron chi connectivity index (χ2n) is 7.93. The molecular formula is C23H33IN4O2S. The molecule has 0 amide bonds. The van der Waals surface area contributed by atoms with Gasteiger partial charge in [-0.25, -0.2) is 13.4 Å². The van der Waals surface area contributed by atoms with Crippen LogP contribution < -0.4 is 10.0 Å². The van der Waals surface area contributed by atoms with Crippen LogP contribution in [0.1, 0.15) is 37.3 Å². The first kappa shape index (κ1) is 25.5. The van der Waals surface area contributed by atoms with Crippen molar-refractivity contribution in [2.24, 2.45) is 10.9 Å². The van der Waals surface area contributed by atoms with Crippen LogP contribution in [0.3, 0.4) is 0 Å². The third-order valence-electron chi connectivity index (χ3n) is 5.48. The molecule has 0 radical (unpaired) electrons. The van der Waals surface area contributed by atoms with Gasteiger partial charge in [0.1, 0.15) is 0 Å². The molecule has 0 saturated carbocycles. The zero-order valence-electron chi connectivity index (χ0n) is 18.4. The van der Waals surface area contributed by atoms with Crippen LogP contribution in [-0.2, 0) is 16.6 Å². The van der Waals surface area contributed by atoms with Crippen molar-refractivity contribution in [3.05, 3.63) is 65.7 Å². The Balaban J connectivity index is 0.00000341. The van der Waals surface area contributed by atoms with Gasteiger partial charge in [0.15, 0.2) is 5.96 Å². The summed E-state index contributed by atoms with van der Waals surface area (Å²) < 4.78 is 25.9. The first-order valence-corrected chi connectivity index (χ1v) is 12.4. The van der Waals surface area contributed by atoms with Gasteiger partial charge >= 0.3 is 0 Å². The summed E-state index contributed by atoms with van der Waals surface area (Å²) in [5, 5.41) is 3.40. The second-order valence-corrected chi connectivity index (χ2v) is 9.68. The zero-order chi connectivity index (χ0) is 21.6. The molecule has 2 aromatic carbocycles. The molecule has 6 nitrogen and oxygen atoms in total. The lowest BCUT2D eigenvalue weighted by Crippen LogP contribution is -2.48. The van der Waals surface area contributed by atoms with Crippen LogP contribution in [0.2, 0.25) is 0 Å². The van der Waals surface area contributed by atoms with E-state index in [4.69, 9.17) is 4.99 Å². The van der Waals surface area contributed by atoms with Gasteiger partial charge in [-0.2, -0.15) is 0 Å². The number of nitrogens with zero attached hydrogens (tertiary/aromatic N) is 2. The van der Waals surface area contributed by atoms with Crippen LogP contribution in [0.5, 0.6) is 0 Å². The van der Waals surface area contributed by atoms with E-state index in [9.17, 15) is 8.42 Å². The van der Waals surface area contributed by atoms with E-state index < -0.39 is 10.0 Å². The number of benzene rings is 2. The molecule has 0 aliphatic carbocycles. The number of piperidine rings is 1. The Bertz CT molecular complexity index is 967. The van der Waals surface area contributed by atoms with E-state index in [1.54, 1.807) is 6.07 Å². The second kappa shape index (κ2) is 11.7. The van der Waals surface area contributed by atoms with Crippen molar-refractivity contribution in [1.82, 2.24) is 10.2 Å². The maximum absolute atomic E-state index is 11.7. The number of aliphatic imine (C=N–C) groups is 1. The largest absolute Gasteiger partial charge is 0.357 e. The number of likely N-dealkylation sites (tertiary alicyclic amines) is 1. The third-order valence-corrected chi connectivity index (χ3v) is 6.07. The summed E-state index contributed by atoms with van der Waals surface area (Å²) in [5.74, 6) is 1.96. The third kappa shape index (κ3) is 7.38. The van der Waals surface area contributed by atoms with Gasteiger partial charge in [0.25, 0.3) is 0 Å². The Hall–Kier alpha value is -1.81. The Labute approximate surface area is 203 Å². The van der Waals surface area contributed by atoms with Gasteiger partial charge in [-0.1, -0.05) is 55.5 Å². The van der Waals surface area contributed by atoms with Crippen LogP contribution in [0.25, 0.3) is 0 Å². The van der Waals surface area contributed by atoms with Gasteiger partial charge in [0.05, 0.1) is 18.5 Å². The minimum atomic E-state index is -3.33. The highest BCUT2D eigenvalue weighted by atomic mass is 127. The summed E-state index contributed by atoms with van der Waals surface area (Å²) >= 11 is 0. The highest BCUT2D eigenvalue weighted by molar-refractivity contribution is 14.0. The molecule has 8 heteroatoms. The predicted octanol–water partition coefficient (Wildman–Crippen LogP) is 4.27. The molecule has 1 fully saturated rings. The quantitative estimate of drug-likeness (QED) is 0.317. The first-order valence-electron chi connectivity index (χ1n) is 10.5. The number of anilines is 1. The lowest BCUT2D eigenvalue weighted by molar-refractivity contribution is 0.234. The summed E-state index contributed by atoms with van der Waals surface area (Å²) in [7, 11) is -3.33. The predicted molar refractivity (Wildman–Crippen MR) is 140 cm³/mol. The topological polar surface area (TPSA) is 73.8 Å². The number of sulfonamides is 1. The molecular weight excluding hydrogens is 523 g/mol. The number of rotatable bonds is 6. The van der Waals surface area contributed by atoms with Crippen molar-refractivity contribution in [2.45, 2.75) is 32.7 Å². The van der Waals surface area contributed by atoms with Gasteiger partial charge in [0, 0.05) is 19.6 Å². The molecule has 0 aromatic heterocycles. The highest BCUT2D eigenvalue weighted by Gasteiger charge is 2.28. The fraction of sp³-hybridized carbons (Fsp3) is 0.435. The summed E-state index contributed by atoms with van der Waals surface area (Å²) in [6.07, 6.45) is 2.25. The summed E-state index contributed by atoms with van der Waals surface area (Å²) in [5.41, 5.74) is 2.84. The lowest BCUT2D eigenvalue weighted by atomic mass is 9.82. The monoisotopic (exact) mass is 556 g/mol. The molecule has 2 atom stereocenters.